The van der Waals surface area contributed by atoms with Crippen LogP contribution in [0.2, 0.25) is 0 Å². The lowest BCUT2D eigenvalue weighted by molar-refractivity contribution is -0.145. The van der Waals surface area contributed by atoms with Crippen molar-refractivity contribution >= 4 is 5.97 Å². The minimum atomic E-state index is -0.205. The molecule has 0 N–H and O–H groups in total. The molecule has 29 heavy (non-hydrogen) atoms. The normalized spacial score (nSPS) is 31.3. The summed E-state index contributed by atoms with van der Waals surface area (Å²) in [7, 11) is 1.49. The maximum absolute atomic E-state index is 12.8. The van der Waals surface area contributed by atoms with E-state index in [0.29, 0.717) is 18.4 Å². The fourth-order valence-electron chi connectivity index (χ4n) is 6.09. The van der Waals surface area contributed by atoms with Gasteiger partial charge in [-0.2, -0.15) is 0 Å². The Morgan fingerprint density at radius 3 is 2.66 bits per heavy atom. The summed E-state index contributed by atoms with van der Waals surface area (Å²) in [6.45, 7) is 12.2. The predicted octanol–water partition coefficient (Wildman–Crippen LogP) is 5.82. The number of methoxy groups -OCH3 is 1. The Morgan fingerprint density at radius 2 is 2.03 bits per heavy atom. The standard InChI is InChI=1S/C25H38O4/c1-17(2)15-29-21-14-19(23(26)27-6)20(9-8-18-10-13-28-16-18)25(5)12-7-11-24(3,4)22(21)25/h10,13-14,16-17,20-22H,7-9,11-12,15H2,1-6H3/t20-,21+,22-,25+/m0/s1. The number of carbonyl (C=O) groups is 1. The molecule has 0 aromatic carbocycles. The second-order valence-corrected chi connectivity index (χ2v) is 10.4. The van der Waals surface area contributed by atoms with Crippen LogP contribution in [0.25, 0.3) is 0 Å². The average molecular weight is 403 g/mol. The Balaban J connectivity index is 2.01. The Kier molecular flexibility index (Phi) is 6.62. The third-order valence-corrected chi connectivity index (χ3v) is 7.28. The number of fused-ring (bicyclic) bond motifs is 1. The molecule has 2 aliphatic carbocycles. The van der Waals surface area contributed by atoms with Gasteiger partial charge in [-0.05, 0) is 72.0 Å². The number of esters is 1. The molecular formula is C25H38O4. The van der Waals surface area contributed by atoms with Gasteiger partial charge < -0.3 is 13.9 Å². The molecule has 1 fully saturated rings. The van der Waals surface area contributed by atoms with Crippen LogP contribution >= 0.6 is 0 Å². The Labute approximate surface area is 176 Å². The molecule has 3 rings (SSSR count). The van der Waals surface area contributed by atoms with Crippen LogP contribution in [0.5, 0.6) is 0 Å². The number of aryl methyl sites for hydroxylation is 1. The van der Waals surface area contributed by atoms with Crippen molar-refractivity contribution in [1.82, 2.24) is 0 Å². The first-order valence-corrected chi connectivity index (χ1v) is 11.1. The molecule has 4 atom stereocenters. The van der Waals surface area contributed by atoms with E-state index in [1.54, 1.807) is 6.26 Å². The number of ether oxygens (including phenoxy) is 2. The van der Waals surface area contributed by atoms with Gasteiger partial charge in [0.25, 0.3) is 0 Å². The lowest BCUT2D eigenvalue weighted by Gasteiger charge is -2.59. The third-order valence-electron chi connectivity index (χ3n) is 7.28. The molecule has 0 aliphatic heterocycles. The highest BCUT2D eigenvalue weighted by Gasteiger charge is 2.57. The molecule has 1 aromatic heterocycles. The number of hydrogen-bond donors (Lipinski definition) is 0. The molecule has 4 nitrogen and oxygen atoms in total. The number of hydrogen-bond acceptors (Lipinski definition) is 4. The van der Waals surface area contributed by atoms with Gasteiger partial charge in [-0.15, -0.1) is 0 Å². The molecule has 1 aromatic rings. The topological polar surface area (TPSA) is 48.7 Å². The molecule has 4 heteroatoms. The van der Waals surface area contributed by atoms with Crippen LogP contribution in [0.1, 0.15) is 65.9 Å². The molecule has 0 amide bonds. The molecule has 0 saturated heterocycles. The lowest BCUT2D eigenvalue weighted by Crippen LogP contribution is -2.55. The van der Waals surface area contributed by atoms with Crippen molar-refractivity contribution in [2.45, 2.75) is 72.8 Å². The molecule has 162 valence electrons. The highest BCUT2D eigenvalue weighted by atomic mass is 16.5. The van der Waals surface area contributed by atoms with E-state index in [9.17, 15) is 4.79 Å². The third kappa shape index (κ3) is 4.47. The smallest absolute Gasteiger partial charge is 0.333 e. The largest absolute Gasteiger partial charge is 0.472 e. The maximum Gasteiger partial charge on any atom is 0.333 e. The zero-order chi connectivity index (χ0) is 21.2. The zero-order valence-electron chi connectivity index (χ0n) is 19.0. The van der Waals surface area contributed by atoms with Crippen molar-refractivity contribution in [2.24, 2.45) is 28.6 Å². The van der Waals surface area contributed by atoms with Crippen molar-refractivity contribution in [3.05, 3.63) is 35.8 Å². The monoisotopic (exact) mass is 402 g/mol. The second kappa shape index (κ2) is 8.67. The van der Waals surface area contributed by atoms with Gasteiger partial charge in [-0.25, -0.2) is 4.79 Å². The highest BCUT2D eigenvalue weighted by Crippen LogP contribution is 2.61. The highest BCUT2D eigenvalue weighted by molar-refractivity contribution is 5.89. The van der Waals surface area contributed by atoms with Gasteiger partial charge >= 0.3 is 5.97 Å². The van der Waals surface area contributed by atoms with E-state index in [0.717, 1.165) is 24.8 Å². The number of carbonyl (C=O) groups excluding carboxylic acids is 1. The summed E-state index contributed by atoms with van der Waals surface area (Å²) in [6, 6.07) is 2.02. The molecular weight excluding hydrogens is 364 g/mol. The maximum atomic E-state index is 12.8. The van der Waals surface area contributed by atoms with Crippen LogP contribution in [0.4, 0.5) is 0 Å². The lowest BCUT2D eigenvalue weighted by atomic mass is 9.47. The second-order valence-electron chi connectivity index (χ2n) is 10.4. The van der Waals surface area contributed by atoms with Crippen molar-refractivity contribution in [1.29, 1.82) is 0 Å². The van der Waals surface area contributed by atoms with Gasteiger partial charge in [0.05, 0.1) is 25.7 Å². The summed E-state index contributed by atoms with van der Waals surface area (Å²) in [5, 5.41) is 0. The Bertz CT molecular complexity index is 715. The van der Waals surface area contributed by atoms with E-state index >= 15 is 0 Å². The molecule has 1 heterocycles. The predicted molar refractivity (Wildman–Crippen MR) is 114 cm³/mol. The fourth-order valence-corrected chi connectivity index (χ4v) is 6.09. The van der Waals surface area contributed by atoms with Crippen molar-refractivity contribution in [3.8, 4) is 0 Å². The van der Waals surface area contributed by atoms with Gasteiger partial charge in [0, 0.05) is 12.2 Å². The first kappa shape index (κ1) is 22.1. The molecule has 0 bridgehead atoms. The van der Waals surface area contributed by atoms with Crippen molar-refractivity contribution in [2.75, 3.05) is 13.7 Å². The minimum absolute atomic E-state index is 0.00536. The molecule has 0 spiro atoms. The van der Waals surface area contributed by atoms with Gasteiger partial charge in [-0.3, -0.25) is 0 Å². The fraction of sp³-hybridized carbons (Fsp3) is 0.720. The van der Waals surface area contributed by atoms with Crippen molar-refractivity contribution < 1.29 is 18.7 Å². The van der Waals surface area contributed by atoms with E-state index in [2.05, 4.69) is 40.7 Å². The Morgan fingerprint density at radius 1 is 1.28 bits per heavy atom. The summed E-state index contributed by atoms with van der Waals surface area (Å²) in [6.07, 6.45) is 10.9. The van der Waals surface area contributed by atoms with E-state index < -0.39 is 0 Å². The van der Waals surface area contributed by atoms with Crippen LogP contribution < -0.4 is 0 Å². The van der Waals surface area contributed by atoms with Crippen molar-refractivity contribution in [3.63, 3.8) is 0 Å². The van der Waals surface area contributed by atoms with Crippen LogP contribution in [-0.4, -0.2) is 25.8 Å². The summed E-state index contributed by atoms with van der Waals surface area (Å²) in [5.41, 5.74) is 2.16. The Hall–Kier alpha value is -1.55. The van der Waals surface area contributed by atoms with Crippen LogP contribution in [0, 0.1) is 28.6 Å². The van der Waals surface area contributed by atoms with Gasteiger partial charge in [0.15, 0.2) is 0 Å². The number of furan rings is 1. The first-order valence-electron chi connectivity index (χ1n) is 11.1. The van der Waals surface area contributed by atoms with Crippen LogP contribution in [0.3, 0.4) is 0 Å². The molecule has 0 radical (unpaired) electrons. The van der Waals surface area contributed by atoms with Crippen LogP contribution in [-0.2, 0) is 20.7 Å². The first-order chi connectivity index (χ1) is 13.7. The summed E-state index contributed by atoms with van der Waals surface area (Å²) in [5.74, 6) is 0.795. The zero-order valence-corrected chi connectivity index (χ0v) is 19.0. The molecule has 2 aliphatic rings. The summed E-state index contributed by atoms with van der Waals surface area (Å²) < 4.78 is 16.9. The molecule has 0 unspecified atom stereocenters. The van der Waals surface area contributed by atoms with E-state index in [4.69, 9.17) is 13.9 Å². The quantitative estimate of drug-likeness (QED) is 0.540. The van der Waals surface area contributed by atoms with E-state index in [1.807, 2.05) is 12.3 Å². The van der Waals surface area contributed by atoms with E-state index in [1.165, 1.54) is 25.5 Å². The van der Waals surface area contributed by atoms with Gasteiger partial charge in [0.1, 0.15) is 0 Å². The average Bonchev–Trinajstić information content (AvgIpc) is 3.16. The summed E-state index contributed by atoms with van der Waals surface area (Å²) in [4.78, 5) is 12.8. The van der Waals surface area contributed by atoms with Gasteiger partial charge in [-0.1, -0.05) is 41.0 Å². The SMILES string of the molecule is COC(=O)C1=C[C@@H](OCC(C)C)[C@H]2C(C)(C)CCC[C@]2(C)[C@H]1CCc1ccoc1. The van der Waals surface area contributed by atoms with E-state index in [-0.39, 0.29) is 28.8 Å². The van der Waals surface area contributed by atoms with Crippen LogP contribution in [0.15, 0.2) is 34.7 Å². The summed E-state index contributed by atoms with van der Waals surface area (Å²) >= 11 is 0. The molecule has 1 saturated carbocycles. The van der Waals surface area contributed by atoms with Gasteiger partial charge in [0.2, 0.25) is 0 Å². The minimum Gasteiger partial charge on any atom is -0.472 e. The number of rotatable bonds is 7.